The van der Waals surface area contributed by atoms with Gasteiger partial charge in [0.05, 0.1) is 27.9 Å². The molecule has 0 saturated carbocycles. The van der Waals surface area contributed by atoms with Gasteiger partial charge in [-0.3, -0.25) is 4.98 Å². The molecule has 0 amide bonds. The summed E-state index contributed by atoms with van der Waals surface area (Å²) in [4.78, 5) is 14.6. The predicted octanol–water partition coefficient (Wildman–Crippen LogP) is 9.49. The molecule has 3 heteroatoms. The van der Waals surface area contributed by atoms with Crippen molar-refractivity contribution in [2.75, 3.05) is 0 Å². The Morgan fingerprint density at radius 1 is 0.375 bits per heavy atom. The Hall–Kier alpha value is -5.41. The van der Waals surface area contributed by atoms with Gasteiger partial charge in [-0.15, -0.1) is 0 Å². The van der Waals surface area contributed by atoms with Gasteiger partial charge in [0.2, 0.25) is 0 Å². The summed E-state index contributed by atoms with van der Waals surface area (Å²) in [6.45, 7) is 0. The molecular formula is C37H23N3. The van der Waals surface area contributed by atoms with Crippen LogP contribution in [0.5, 0.6) is 0 Å². The minimum absolute atomic E-state index is 0.928. The first-order valence-corrected chi connectivity index (χ1v) is 13.4. The Morgan fingerprint density at radius 3 is 1.77 bits per heavy atom. The first-order valence-electron chi connectivity index (χ1n) is 13.4. The normalized spacial score (nSPS) is 11.5. The fraction of sp³-hybridized carbons (Fsp3) is 0. The highest BCUT2D eigenvalue weighted by Crippen LogP contribution is 2.32. The van der Waals surface area contributed by atoms with Gasteiger partial charge in [-0.2, -0.15) is 0 Å². The summed E-state index contributed by atoms with van der Waals surface area (Å²) in [6, 6.07) is 46.7. The quantitative estimate of drug-likeness (QED) is 0.238. The average Bonchev–Trinajstić information content (AvgIpc) is 3.03. The van der Waals surface area contributed by atoms with Gasteiger partial charge in [-0.05, 0) is 70.4 Å². The molecule has 0 N–H and O–H groups in total. The molecule has 0 spiro atoms. The summed E-state index contributed by atoms with van der Waals surface area (Å²) < 4.78 is 0. The van der Waals surface area contributed by atoms with Crippen molar-refractivity contribution in [1.82, 2.24) is 15.0 Å². The molecule has 186 valence electrons. The molecule has 0 saturated heterocycles. The fourth-order valence-corrected chi connectivity index (χ4v) is 5.58. The molecule has 3 nitrogen and oxygen atoms in total. The molecule has 0 fully saturated rings. The lowest BCUT2D eigenvalue weighted by molar-refractivity contribution is 1.35. The van der Waals surface area contributed by atoms with Gasteiger partial charge >= 0.3 is 0 Å². The van der Waals surface area contributed by atoms with Crippen molar-refractivity contribution in [3.05, 3.63) is 140 Å². The first-order chi connectivity index (χ1) is 19.8. The van der Waals surface area contributed by atoms with Crippen molar-refractivity contribution in [3.63, 3.8) is 0 Å². The summed E-state index contributed by atoms with van der Waals surface area (Å²) in [6.07, 6.45) is 1.90. The lowest BCUT2D eigenvalue weighted by Crippen LogP contribution is -1.89. The number of para-hydroxylation sites is 1. The third-order valence-corrected chi connectivity index (χ3v) is 7.66. The lowest BCUT2D eigenvalue weighted by atomic mass is 9.99. The molecule has 0 aliphatic heterocycles. The monoisotopic (exact) mass is 509 g/mol. The van der Waals surface area contributed by atoms with Crippen LogP contribution in [-0.4, -0.2) is 15.0 Å². The summed E-state index contributed by atoms with van der Waals surface area (Å²) in [5.74, 6) is 0. The second-order valence-corrected chi connectivity index (χ2v) is 10.2. The van der Waals surface area contributed by atoms with E-state index in [1.165, 1.54) is 10.8 Å². The van der Waals surface area contributed by atoms with Gasteiger partial charge in [-0.1, -0.05) is 84.9 Å². The molecule has 0 aliphatic carbocycles. The van der Waals surface area contributed by atoms with E-state index in [9.17, 15) is 0 Å². The number of hydrogen-bond acceptors (Lipinski definition) is 3. The minimum Gasteiger partial charge on any atom is -0.256 e. The average molecular weight is 510 g/mol. The number of pyridine rings is 3. The second-order valence-electron chi connectivity index (χ2n) is 10.2. The van der Waals surface area contributed by atoms with Crippen LogP contribution < -0.4 is 0 Å². The van der Waals surface area contributed by atoms with Crippen LogP contribution in [0.1, 0.15) is 0 Å². The number of nitrogens with zero attached hydrogens (tertiary/aromatic N) is 3. The third kappa shape index (κ3) is 3.88. The Balaban J connectivity index is 1.13. The van der Waals surface area contributed by atoms with Crippen molar-refractivity contribution in [2.45, 2.75) is 0 Å². The fourth-order valence-electron chi connectivity index (χ4n) is 5.58. The van der Waals surface area contributed by atoms with Crippen LogP contribution in [0.2, 0.25) is 0 Å². The van der Waals surface area contributed by atoms with Crippen molar-refractivity contribution >= 4 is 43.5 Å². The van der Waals surface area contributed by atoms with E-state index in [2.05, 4.69) is 120 Å². The summed E-state index contributed by atoms with van der Waals surface area (Å²) in [7, 11) is 0. The molecule has 40 heavy (non-hydrogen) atoms. The van der Waals surface area contributed by atoms with Crippen molar-refractivity contribution in [1.29, 1.82) is 0 Å². The molecule has 0 bridgehead atoms. The predicted molar refractivity (Wildman–Crippen MR) is 166 cm³/mol. The minimum atomic E-state index is 0.928. The molecule has 8 aromatic rings. The third-order valence-electron chi connectivity index (χ3n) is 7.66. The molecule has 8 rings (SSSR count). The molecule has 0 atom stereocenters. The summed E-state index contributed by atoms with van der Waals surface area (Å²) >= 11 is 0. The van der Waals surface area contributed by atoms with E-state index in [1.807, 2.05) is 24.4 Å². The molecule has 0 radical (unpaired) electrons. The maximum atomic E-state index is 5.02. The Labute approximate surface area is 231 Å². The van der Waals surface area contributed by atoms with Crippen LogP contribution in [0.4, 0.5) is 0 Å². The highest BCUT2D eigenvalue weighted by atomic mass is 14.7. The number of aromatic nitrogens is 3. The van der Waals surface area contributed by atoms with Gasteiger partial charge in [0.15, 0.2) is 0 Å². The van der Waals surface area contributed by atoms with Crippen LogP contribution in [-0.2, 0) is 0 Å². The van der Waals surface area contributed by atoms with E-state index in [1.54, 1.807) is 0 Å². The Kier molecular flexibility index (Phi) is 5.14. The van der Waals surface area contributed by atoms with E-state index in [0.717, 1.165) is 66.4 Å². The standard InChI is InChI=1S/C37H23N3/c1-3-9-31-24(6-1)8-5-10-32(31)37-19-15-29-21-26(13-17-35(29)40-37)25-12-16-34-28(20-25)14-18-36(39-34)30-22-27-7-2-4-11-33(27)38-23-30/h1-23H. The maximum Gasteiger partial charge on any atom is 0.0725 e. The zero-order chi connectivity index (χ0) is 26.5. The van der Waals surface area contributed by atoms with Crippen LogP contribution in [0.15, 0.2) is 140 Å². The summed E-state index contributed by atoms with van der Waals surface area (Å²) in [5.41, 5.74) is 9.38. The molecule has 3 aromatic heterocycles. The van der Waals surface area contributed by atoms with Gasteiger partial charge in [0.25, 0.3) is 0 Å². The second kappa shape index (κ2) is 9.11. The van der Waals surface area contributed by atoms with Gasteiger partial charge in [0.1, 0.15) is 0 Å². The Morgan fingerprint density at radius 2 is 0.975 bits per heavy atom. The van der Waals surface area contributed by atoms with Crippen molar-refractivity contribution in [3.8, 4) is 33.6 Å². The SMILES string of the molecule is c1ccc2ncc(-c3ccc4cc(-c5ccc6nc(-c7cccc8ccccc78)ccc6c5)ccc4n3)cc2c1. The van der Waals surface area contributed by atoms with E-state index in [0.29, 0.717) is 0 Å². The van der Waals surface area contributed by atoms with Gasteiger partial charge < -0.3 is 0 Å². The highest BCUT2D eigenvalue weighted by Gasteiger charge is 2.09. The van der Waals surface area contributed by atoms with E-state index < -0.39 is 0 Å². The number of rotatable bonds is 3. The molecule has 0 unspecified atom stereocenters. The van der Waals surface area contributed by atoms with Crippen LogP contribution in [0, 0.1) is 0 Å². The van der Waals surface area contributed by atoms with E-state index in [-0.39, 0.29) is 0 Å². The lowest BCUT2D eigenvalue weighted by Gasteiger charge is -2.09. The first kappa shape index (κ1) is 22.6. The zero-order valence-electron chi connectivity index (χ0n) is 21.6. The van der Waals surface area contributed by atoms with Crippen LogP contribution >= 0.6 is 0 Å². The number of hydrogen-bond donors (Lipinski definition) is 0. The van der Waals surface area contributed by atoms with Gasteiger partial charge in [0, 0.05) is 33.5 Å². The van der Waals surface area contributed by atoms with Crippen molar-refractivity contribution < 1.29 is 0 Å². The largest absolute Gasteiger partial charge is 0.256 e. The maximum absolute atomic E-state index is 5.02. The summed E-state index contributed by atoms with van der Waals surface area (Å²) in [5, 5.41) is 5.80. The highest BCUT2D eigenvalue weighted by molar-refractivity contribution is 5.97. The smallest absolute Gasteiger partial charge is 0.0725 e. The van der Waals surface area contributed by atoms with E-state index >= 15 is 0 Å². The molecular weight excluding hydrogens is 486 g/mol. The number of benzene rings is 5. The van der Waals surface area contributed by atoms with Gasteiger partial charge in [-0.25, -0.2) is 9.97 Å². The van der Waals surface area contributed by atoms with Crippen molar-refractivity contribution in [2.24, 2.45) is 0 Å². The van der Waals surface area contributed by atoms with E-state index in [4.69, 9.17) is 9.97 Å². The molecule has 0 aliphatic rings. The molecule has 5 aromatic carbocycles. The zero-order valence-corrected chi connectivity index (χ0v) is 21.6. The van der Waals surface area contributed by atoms with Crippen LogP contribution in [0.25, 0.3) is 77.1 Å². The van der Waals surface area contributed by atoms with Crippen LogP contribution in [0.3, 0.4) is 0 Å². The topological polar surface area (TPSA) is 38.7 Å². The Bertz CT molecular complexity index is 2230. The number of fused-ring (bicyclic) bond motifs is 4. The molecule has 3 heterocycles.